The van der Waals surface area contributed by atoms with Crippen molar-refractivity contribution in [3.63, 3.8) is 0 Å². The van der Waals surface area contributed by atoms with Crippen LogP contribution < -0.4 is 15.4 Å². The van der Waals surface area contributed by atoms with E-state index in [9.17, 15) is 0 Å². The molecule has 0 amide bonds. The van der Waals surface area contributed by atoms with Gasteiger partial charge in [-0.3, -0.25) is 0 Å². The molecule has 0 heterocycles. The van der Waals surface area contributed by atoms with Crippen molar-refractivity contribution in [1.82, 2.24) is 10.6 Å². The number of thioether (sulfide) groups is 1. The Balaban J connectivity index is 0.00000441. The maximum Gasteiger partial charge on any atom is 0.191 e. The first-order valence-electron chi connectivity index (χ1n) is 7.14. The summed E-state index contributed by atoms with van der Waals surface area (Å²) in [5.74, 6) is 2.76. The van der Waals surface area contributed by atoms with Crippen molar-refractivity contribution in [2.75, 3.05) is 31.7 Å². The summed E-state index contributed by atoms with van der Waals surface area (Å²) in [6, 6.07) is 7.96. The number of rotatable bonds is 9. The Morgan fingerprint density at radius 2 is 2.14 bits per heavy atom. The van der Waals surface area contributed by atoms with Gasteiger partial charge >= 0.3 is 0 Å². The summed E-state index contributed by atoms with van der Waals surface area (Å²) in [4.78, 5) is 4.60. The molecule has 0 spiro atoms. The fourth-order valence-electron chi connectivity index (χ4n) is 1.70. The highest BCUT2D eigenvalue weighted by Crippen LogP contribution is 2.18. The van der Waals surface area contributed by atoms with Crippen LogP contribution in [0.15, 0.2) is 41.9 Å². The van der Waals surface area contributed by atoms with E-state index in [1.165, 1.54) is 0 Å². The van der Waals surface area contributed by atoms with E-state index in [0.29, 0.717) is 13.2 Å². The first kappa shape index (κ1) is 21.1. The van der Waals surface area contributed by atoms with Crippen molar-refractivity contribution < 1.29 is 4.74 Å². The SMILES string of the molecule is C=CCOc1ccccc1CN=C(NCC)NCCSC.I. The second-order valence-corrected chi connectivity index (χ2v) is 5.31. The van der Waals surface area contributed by atoms with Gasteiger partial charge in [-0.05, 0) is 19.2 Å². The second kappa shape index (κ2) is 13.8. The van der Waals surface area contributed by atoms with Crippen molar-refractivity contribution in [1.29, 1.82) is 0 Å². The van der Waals surface area contributed by atoms with Gasteiger partial charge in [-0.1, -0.05) is 30.9 Å². The minimum atomic E-state index is 0. The highest BCUT2D eigenvalue weighted by Gasteiger charge is 2.02. The predicted octanol–water partition coefficient (Wildman–Crippen LogP) is 3.29. The summed E-state index contributed by atoms with van der Waals surface area (Å²) in [6.45, 7) is 8.58. The highest BCUT2D eigenvalue weighted by atomic mass is 127. The molecule has 0 aliphatic rings. The number of guanidine groups is 1. The molecule has 0 aliphatic heterocycles. The van der Waals surface area contributed by atoms with Crippen LogP contribution >= 0.6 is 35.7 Å². The molecular weight excluding hydrogens is 409 g/mol. The van der Waals surface area contributed by atoms with E-state index in [1.54, 1.807) is 6.08 Å². The van der Waals surface area contributed by atoms with E-state index >= 15 is 0 Å². The molecule has 124 valence electrons. The van der Waals surface area contributed by atoms with Crippen LogP contribution in [0.3, 0.4) is 0 Å². The standard InChI is InChI=1S/C16H25N3OS.HI/c1-4-11-20-15-9-7-6-8-14(15)13-19-16(17-5-2)18-10-12-21-3;/h4,6-9H,1,5,10-13H2,2-3H3,(H2,17,18,19);1H. The van der Waals surface area contributed by atoms with Crippen LogP contribution in [0.1, 0.15) is 12.5 Å². The van der Waals surface area contributed by atoms with Gasteiger partial charge in [0.25, 0.3) is 0 Å². The van der Waals surface area contributed by atoms with Crippen molar-refractivity contribution >= 4 is 41.7 Å². The number of ether oxygens (including phenoxy) is 1. The molecule has 0 saturated carbocycles. The summed E-state index contributed by atoms with van der Waals surface area (Å²) in [6.07, 6.45) is 3.84. The molecule has 4 nitrogen and oxygen atoms in total. The first-order chi connectivity index (χ1) is 10.3. The Hall–Kier alpha value is -0.890. The summed E-state index contributed by atoms with van der Waals surface area (Å²) < 4.78 is 5.65. The Labute approximate surface area is 155 Å². The average Bonchev–Trinajstić information content (AvgIpc) is 2.51. The van der Waals surface area contributed by atoms with E-state index in [1.807, 2.05) is 36.0 Å². The van der Waals surface area contributed by atoms with Crippen LogP contribution in [0.4, 0.5) is 0 Å². The molecule has 0 atom stereocenters. The lowest BCUT2D eigenvalue weighted by molar-refractivity contribution is 0.359. The highest BCUT2D eigenvalue weighted by molar-refractivity contribution is 14.0. The Bertz CT molecular complexity index is 455. The van der Waals surface area contributed by atoms with Crippen molar-refractivity contribution in [3.05, 3.63) is 42.5 Å². The Morgan fingerprint density at radius 1 is 1.36 bits per heavy atom. The third-order valence-electron chi connectivity index (χ3n) is 2.68. The van der Waals surface area contributed by atoms with Crippen LogP contribution in [0.25, 0.3) is 0 Å². The second-order valence-electron chi connectivity index (χ2n) is 4.32. The van der Waals surface area contributed by atoms with Gasteiger partial charge in [-0.2, -0.15) is 11.8 Å². The normalized spacial score (nSPS) is 10.5. The quantitative estimate of drug-likeness (QED) is 0.206. The van der Waals surface area contributed by atoms with Gasteiger partial charge in [0.2, 0.25) is 0 Å². The summed E-state index contributed by atoms with van der Waals surface area (Å²) >= 11 is 1.81. The molecule has 0 aliphatic carbocycles. The number of nitrogens with one attached hydrogen (secondary N) is 2. The molecule has 1 aromatic carbocycles. The molecule has 1 rings (SSSR count). The molecule has 2 N–H and O–H groups in total. The molecule has 0 radical (unpaired) electrons. The van der Waals surface area contributed by atoms with Crippen LogP contribution in [0.2, 0.25) is 0 Å². The number of aliphatic imine (C=N–C) groups is 1. The summed E-state index contributed by atoms with van der Waals surface area (Å²) in [5, 5.41) is 6.56. The van der Waals surface area contributed by atoms with Crippen molar-refractivity contribution in [3.8, 4) is 5.75 Å². The fourth-order valence-corrected chi connectivity index (χ4v) is 2.01. The monoisotopic (exact) mass is 435 g/mol. The molecule has 0 saturated heterocycles. The van der Waals surface area contributed by atoms with Gasteiger partial charge in [0.15, 0.2) is 5.96 Å². The molecule has 6 heteroatoms. The van der Waals surface area contributed by atoms with Crippen LogP contribution in [-0.4, -0.2) is 37.7 Å². The van der Waals surface area contributed by atoms with E-state index in [0.717, 1.165) is 36.1 Å². The number of para-hydroxylation sites is 1. The molecule has 0 aromatic heterocycles. The Morgan fingerprint density at radius 3 is 2.82 bits per heavy atom. The van der Waals surface area contributed by atoms with Crippen molar-refractivity contribution in [2.24, 2.45) is 4.99 Å². The van der Waals surface area contributed by atoms with E-state index in [2.05, 4.69) is 35.4 Å². The number of hydrogen-bond donors (Lipinski definition) is 2. The van der Waals surface area contributed by atoms with Gasteiger partial charge in [-0.15, -0.1) is 24.0 Å². The van der Waals surface area contributed by atoms with Gasteiger partial charge in [-0.25, -0.2) is 4.99 Å². The maximum absolute atomic E-state index is 5.65. The van der Waals surface area contributed by atoms with E-state index in [-0.39, 0.29) is 24.0 Å². The van der Waals surface area contributed by atoms with Gasteiger partial charge in [0, 0.05) is 24.4 Å². The lowest BCUT2D eigenvalue weighted by Crippen LogP contribution is -2.38. The minimum absolute atomic E-state index is 0. The topological polar surface area (TPSA) is 45.6 Å². The zero-order valence-electron chi connectivity index (χ0n) is 13.3. The third kappa shape index (κ3) is 8.53. The van der Waals surface area contributed by atoms with Crippen LogP contribution in [-0.2, 0) is 6.54 Å². The van der Waals surface area contributed by atoms with Gasteiger partial charge in [0.05, 0.1) is 6.54 Å². The zero-order chi connectivity index (χ0) is 15.3. The zero-order valence-corrected chi connectivity index (χ0v) is 16.4. The maximum atomic E-state index is 5.65. The number of benzene rings is 1. The van der Waals surface area contributed by atoms with Crippen LogP contribution in [0.5, 0.6) is 5.75 Å². The Kier molecular flexibility index (Phi) is 13.2. The molecule has 1 aromatic rings. The summed E-state index contributed by atoms with van der Waals surface area (Å²) in [7, 11) is 0. The largest absolute Gasteiger partial charge is 0.489 e. The molecule has 0 fully saturated rings. The lowest BCUT2D eigenvalue weighted by Gasteiger charge is -2.12. The number of nitrogens with zero attached hydrogens (tertiary/aromatic N) is 1. The van der Waals surface area contributed by atoms with E-state index < -0.39 is 0 Å². The van der Waals surface area contributed by atoms with E-state index in [4.69, 9.17) is 4.74 Å². The predicted molar refractivity (Wildman–Crippen MR) is 109 cm³/mol. The third-order valence-corrected chi connectivity index (χ3v) is 3.29. The van der Waals surface area contributed by atoms with Crippen LogP contribution in [0, 0.1) is 0 Å². The molecule has 0 bridgehead atoms. The van der Waals surface area contributed by atoms with Gasteiger partial charge in [0.1, 0.15) is 12.4 Å². The minimum Gasteiger partial charge on any atom is -0.489 e. The van der Waals surface area contributed by atoms with Crippen molar-refractivity contribution in [2.45, 2.75) is 13.5 Å². The molecule has 22 heavy (non-hydrogen) atoms. The number of halogens is 1. The lowest BCUT2D eigenvalue weighted by atomic mass is 10.2. The van der Waals surface area contributed by atoms with Gasteiger partial charge < -0.3 is 15.4 Å². The fraction of sp³-hybridized carbons (Fsp3) is 0.438. The average molecular weight is 435 g/mol. The molecular formula is C16H26IN3OS. The summed E-state index contributed by atoms with van der Waals surface area (Å²) in [5.41, 5.74) is 1.07. The first-order valence-corrected chi connectivity index (χ1v) is 8.54. The number of hydrogen-bond acceptors (Lipinski definition) is 3. The molecule has 0 unspecified atom stereocenters. The smallest absolute Gasteiger partial charge is 0.191 e.